The summed E-state index contributed by atoms with van der Waals surface area (Å²) in [5.41, 5.74) is 1.09. The summed E-state index contributed by atoms with van der Waals surface area (Å²) in [6, 6.07) is 8.46. The quantitative estimate of drug-likeness (QED) is 0.597. The van der Waals surface area contributed by atoms with Crippen LogP contribution in [-0.2, 0) is 11.3 Å². The number of anilines is 1. The fourth-order valence-electron chi connectivity index (χ4n) is 3.61. The van der Waals surface area contributed by atoms with E-state index in [4.69, 9.17) is 14.6 Å². The maximum absolute atomic E-state index is 11.0. The second-order valence-electron chi connectivity index (χ2n) is 7.71. The van der Waals surface area contributed by atoms with Crippen molar-refractivity contribution in [2.45, 2.75) is 11.5 Å². The molecule has 2 aromatic rings. The highest BCUT2D eigenvalue weighted by Gasteiger charge is 2.21. The van der Waals surface area contributed by atoms with E-state index < -0.39 is 6.09 Å². The van der Waals surface area contributed by atoms with Gasteiger partial charge in [-0.05, 0) is 17.7 Å². The van der Waals surface area contributed by atoms with Crippen molar-refractivity contribution in [2.75, 3.05) is 69.7 Å². The van der Waals surface area contributed by atoms with Gasteiger partial charge in [-0.1, -0.05) is 12.1 Å². The molecule has 172 valence electrons. The zero-order valence-electron chi connectivity index (χ0n) is 18.1. The Morgan fingerprint density at radius 1 is 1.03 bits per heavy atom. The first kappa shape index (κ1) is 22.6. The molecule has 0 atom stereocenters. The number of ether oxygens (including phenoxy) is 2. The van der Waals surface area contributed by atoms with Gasteiger partial charge in [-0.25, -0.2) is 14.8 Å². The Labute approximate surface area is 192 Å². The number of piperazine rings is 1. The molecule has 4 rings (SSSR count). The Kier molecular flexibility index (Phi) is 8.02. The van der Waals surface area contributed by atoms with Crippen molar-refractivity contribution in [1.82, 2.24) is 19.8 Å². The molecule has 1 aromatic heterocycles. The Bertz CT molecular complexity index is 854. The number of nitrogens with zero attached hydrogens (tertiary/aromatic N) is 5. The third-order valence-electron chi connectivity index (χ3n) is 5.56. The predicted molar refractivity (Wildman–Crippen MR) is 123 cm³/mol. The molecule has 2 saturated heterocycles. The molecule has 0 unspecified atom stereocenters. The first-order valence-corrected chi connectivity index (χ1v) is 11.9. The third kappa shape index (κ3) is 6.47. The number of amides is 1. The molecule has 0 bridgehead atoms. The van der Waals surface area contributed by atoms with Crippen LogP contribution in [0.2, 0.25) is 0 Å². The van der Waals surface area contributed by atoms with Crippen LogP contribution in [0.5, 0.6) is 5.75 Å². The van der Waals surface area contributed by atoms with E-state index in [0.717, 1.165) is 44.2 Å². The molecule has 9 nitrogen and oxygen atoms in total. The van der Waals surface area contributed by atoms with Crippen LogP contribution < -0.4 is 9.64 Å². The minimum absolute atomic E-state index is 0.457. The van der Waals surface area contributed by atoms with E-state index in [1.54, 1.807) is 12.4 Å². The highest BCUT2D eigenvalue weighted by Crippen LogP contribution is 2.20. The average Bonchev–Trinajstić information content (AvgIpc) is 2.85. The van der Waals surface area contributed by atoms with Crippen LogP contribution in [0.4, 0.5) is 10.7 Å². The second kappa shape index (κ2) is 11.3. The van der Waals surface area contributed by atoms with E-state index in [9.17, 15) is 4.79 Å². The minimum Gasteiger partial charge on any atom is -0.486 e. The van der Waals surface area contributed by atoms with E-state index in [1.165, 1.54) is 9.80 Å². The standard InChI is InChI=1S/C22H29N5O4S/c28-22(29)27-7-5-26(6-8-27)21-23-15-19(16-24-21)31-17-18-1-3-20(4-2-18)32-14-11-25-9-12-30-13-10-25/h1-4,15-16H,5-14,17H2,(H,28,29). The Balaban J connectivity index is 1.18. The van der Waals surface area contributed by atoms with Crippen LogP contribution in [0.3, 0.4) is 0 Å². The lowest BCUT2D eigenvalue weighted by atomic mass is 10.2. The molecule has 1 amide bonds. The van der Waals surface area contributed by atoms with Crippen LogP contribution >= 0.6 is 11.8 Å². The third-order valence-corrected chi connectivity index (χ3v) is 6.55. The predicted octanol–water partition coefficient (Wildman–Crippen LogP) is 2.28. The fraction of sp³-hybridized carbons (Fsp3) is 0.500. The number of carboxylic acid groups (broad SMARTS) is 1. The number of benzene rings is 1. The fourth-order valence-corrected chi connectivity index (χ4v) is 4.52. The maximum Gasteiger partial charge on any atom is 0.407 e. The summed E-state index contributed by atoms with van der Waals surface area (Å²) in [5, 5.41) is 9.04. The van der Waals surface area contributed by atoms with Crippen LogP contribution in [0.15, 0.2) is 41.6 Å². The Hall–Kier alpha value is -2.56. The summed E-state index contributed by atoms with van der Waals surface area (Å²) in [6.07, 6.45) is 2.46. The van der Waals surface area contributed by atoms with E-state index in [1.807, 2.05) is 16.7 Å². The first-order chi connectivity index (χ1) is 15.7. The number of morpholine rings is 1. The lowest BCUT2D eigenvalue weighted by Crippen LogP contribution is -2.48. The molecule has 0 radical (unpaired) electrons. The normalized spacial score (nSPS) is 17.4. The topological polar surface area (TPSA) is 91.3 Å². The molecular weight excluding hydrogens is 430 g/mol. The molecule has 32 heavy (non-hydrogen) atoms. The molecule has 2 aliphatic rings. The molecule has 10 heteroatoms. The highest BCUT2D eigenvalue weighted by atomic mass is 32.2. The van der Waals surface area contributed by atoms with Crippen LogP contribution in [0.1, 0.15) is 5.56 Å². The summed E-state index contributed by atoms with van der Waals surface area (Å²) in [5.74, 6) is 2.29. The van der Waals surface area contributed by atoms with Crippen molar-refractivity contribution in [3.05, 3.63) is 42.2 Å². The number of rotatable bonds is 8. The van der Waals surface area contributed by atoms with Gasteiger partial charge >= 0.3 is 6.09 Å². The zero-order valence-corrected chi connectivity index (χ0v) is 18.9. The average molecular weight is 460 g/mol. The van der Waals surface area contributed by atoms with Gasteiger partial charge in [-0.2, -0.15) is 0 Å². The molecule has 1 N–H and O–H groups in total. The molecule has 2 fully saturated rings. The molecular formula is C22H29N5O4S. The SMILES string of the molecule is O=C(O)N1CCN(c2ncc(OCc3ccc(SCCN4CCOCC4)cc3)cn2)CC1. The number of hydrogen-bond donors (Lipinski definition) is 1. The van der Waals surface area contributed by atoms with Crippen LogP contribution in [-0.4, -0.2) is 95.7 Å². The van der Waals surface area contributed by atoms with Crippen molar-refractivity contribution in [2.24, 2.45) is 0 Å². The molecule has 0 saturated carbocycles. The first-order valence-electron chi connectivity index (χ1n) is 10.9. The monoisotopic (exact) mass is 459 g/mol. The summed E-state index contributed by atoms with van der Waals surface area (Å²) in [7, 11) is 0. The lowest BCUT2D eigenvalue weighted by Gasteiger charge is -2.32. The van der Waals surface area contributed by atoms with Gasteiger partial charge in [0.2, 0.25) is 5.95 Å². The maximum atomic E-state index is 11.0. The van der Waals surface area contributed by atoms with Gasteiger partial charge in [-0.15, -0.1) is 11.8 Å². The summed E-state index contributed by atoms with van der Waals surface area (Å²) in [6.45, 7) is 7.38. The van der Waals surface area contributed by atoms with Crippen molar-refractivity contribution < 1.29 is 19.4 Å². The van der Waals surface area contributed by atoms with E-state index in [0.29, 0.717) is 44.5 Å². The van der Waals surface area contributed by atoms with Gasteiger partial charge in [0.15, 0.2) is 5.75 Å². The Morgan fingerprint density at radius 2 is 1.72 bits per heavy atom. The van der Waals surface area contributed by atoms with E-state index >= 15 is 0 Å². The number of thioether (sulfide) groups is 1. The molecule has 1 aromatic carbocycles. The van der Waals surface area contributed by atoms with Crippen molar-refractivity contribution in [3.8, 4) is 5.75 Å². The van der Waals surface area contributed by atoms with Gasteiger partial charge in [-0.3, -0.25) is 4.90 Å². The summed E-state index contributed by atoms with van der Waals surface area (Å²) in [4.78, 5) is 26.9. The van der Waals surface area contributed by atoms with E-state index in [-0.39, 0.29) is 0 Å². The van der Waals surface area contributed by atoms with Crippen LogP contribution in [0.25, 0.3) is 0 Å². The second-order valence-corrected chi connectivity index (χ2v) is 8.88. The smallest absolute Gasteiger partial charge is 0.407 e. The minimum atomic E-state index is -0.881. The number of hydrogen-bond acceptors (Lipinski definition) is 8. The summed E-state index contributed by atoms with van der Waals surface area (Å²) >= 11 is 1.87. The van der Waals surface area contributed by atoms with Crippen molar-refractivity contribution >= 4 is 23.8 Å². The van der Waals surface area contributed by atoms with Gasteiger partial charge in [0.1, 0.15) is 6.61 Å². The van der Waals surface area contributed by atoms with Gasteiger partial charge < -0.3 is 24.4 Å². The van der Waals surface area contributed by atoms with Gasteiger partial charge in [0.25, 0.3) is 0 Å². The largest absolute Gasteiger partial charge is 0.486 e. The number of carbonyl (C=O) groups is 1. The van der Waals surface area contributed by atoms with E-state index in [2.05, 4.69) is 39.1 Å². The molecule has 3 heterocycles. The molecule has 0 aliphatic carbocycles. The lowest BCUT2D eigenvalue weighted by molar-refractivity contribution is 0.0410. The zero-order chi connectivity index (χ0) is 22.2. The highest BCUT2D eigenvalue weighted by molar-refractivity contribution is 7.99. The Morgan fingerprint density at radius 3 is 2.38 bits per heavy atom. The number of aromatic nitrogens is 2. The van der Waals surface area contributed by atoms with Crippen LogP contribution in [0, 0.1) is 0 Å². The molecule has 2 aliphatic heterocycles. The molecule has 0 spiro atoms. The van der Waals surface area contributed by atoms with Crippen molar-refractivity contribution in [3.63, 3.8) is 0 Å². The van der Waals surface area contributed by atoms with Crippen molar-refractivity contribution in [1.29, 1.82) is 0 Å². The van der Waals surface area contributed by atoms with Gasteiger partial charge in [0, 0.05) is 56.5 Å². The van der Waals surface area contributed by atoms with Gasteiger partial charge in [0.05, 0.1) is 25.6 Å². The summed E-state index contributed by atoms with van der Waals surface area (Å²) < 4.78 is 11.2.